The van der Waals surface area contributed by atoms with Crippen molar-refractivity contribution >= 4 is 29.2 Å². The number of tetrazole rings is 1. The number of Topliss-reactive ketones (excluding diaryl/α,β-unsaturated/α-hetero) is 3. The van der Waals surface area contributed by atoms with Crippen molar-refractivity contribution in [2.45, 2.75) is 180 Å². The lowest BCUT2D eigenvalue weighted by Crippen LogP contribution is -2.61. The fraction of sp³-hybridized carbons (Fsp3) is 0.731. The lowest BCUT2D eigenvalue weighted by molar-refractivity contribution is -0.265. The lowest BCUT2D eigenvalue weighted by Gasteiger charge is -2.42. The van der Waals surface area contributed by atoms with Crippen LogP contribution in [0.4, 0.5) is 0 Å². The van der Waals surface area contributed by atoms with Crippen molar-refractivity contribution in [2.24, 2.45) is 35.5 Å². The van der Waals surface area contributed by atoms with Gasteiger partial charge in [0.15, 0.2) is 5.78 Å². The minimum Gasteiger partial charge on any atom is -0.460 e. The molecule has 4 heterocycles. The molecule has 0 aromatic carbocycles. The summed E-state index contributed by atoms with van der Waals surface area (Å²) in [6.07, 6.45) is 13.9. The lowest BCUT2D eigenvalue weighted by atomic mass is 9.77. The maximum absolute atomic E-state index is 14.5. The van der Waals surface area contributed by atoms with Crippen LogP contribution in [0.15, 0.2) is 53.9 Å². The molecule has 3 fully saturated rings. The zero-order chi connectivity index (χ0) is 50.6. The molecule has 0 spiro atoms. The van der Waals surface area contributed by atoms with Crippen LogP contribution < -0.4 is 0 Å². The minimum atomic E-state index is -2.43. The second-order valence-corrected chi connectivity index (χ2v) is 20.4. The number of aliphatic hydroxyl groups is 2. The Labute approximate surface area is 408 Å². The van der Waals surface area contributed by atoms with E-state index < -0.39 is 77.8 Å². The van der Waals surface area contributed by atoms with Crippen molar-refractivity contribution in [1.29, 1.82) is 0 Å². The second kappa shape index (κ2) is 25.7. The third-order valence-electron chi connectivity index (χ3n) is 15.2. The molecule has 2 bridgehead atoms. The molecule has 5 rings (SSSR count). The maximum Gasteiger partial charge on any atom is 0.329 e. The molecular formula is C52H79N5O12. The summed E-state index contributed by atoms with van der Waals surface area (Å²) in [6.45, 7) is 12.8. The molecule has 15 atom stereocenters. The van der Waals surface area contributed by atoms with Gasteiger partial charge in [0.05, 0.1) is 24.4 Å². The number of aliphatic hydroxyl groups excluding tert-OH is 1. The normalized spacial score (nSPS) is 36.3. The maximum atomic E-state index is 14.5. The Morgan fingerprint density at radius 2 is 1.64 bits per heavy atom. The number of ether oxygens (including phenoxy) is 5. The smallest absolute Gasteiger partial charge is 0.329 e. The number of carbonyl (C=O) groups excluding carboxylic acids is 5. The van der Waals surface area contributed by atoms with Crippen LogP contribution in [0.3, 0.4) is 0 Å². The number of methoxy groups -OCH3 is 3. The Bertz CT molecular complexity index is 2020. The molecule has 1 aliphatic carbocycles. The molecule has 1 aromatic heterocycles. The number of nitrogens with zero attached hydrogens (tertiary/aromatic N) is 5. The Balaban J connectivity index is 1.46. The molecule has 17 heteroatoms. The predicted molar refractivity (Wildman–Crippen MR) is 256 cm³/mol. The summed E-state index contributed by atoms with van der Waals surface area (Å²) in [5.41, 5.74) is 1.27. The van der Waals surface area contributed by atoms with E-state index in [0.29, 0.717) is 56.9 Å². The Morgan fingerprint density at radius 3 is 2.32 bits per heavy atom. The summed E-state index contributed by atoms with van der Waals surface area (Å²) in [6, 6.07) is -1.19. The number of fused-ring (bicyclic) bond motifs is 3. The number of esters is 1. The molecule has 3 aliphatic heterocycles. The van der Waals surface area contributed by atoms with Gasteiger partial charge in [-0.25, -0.2) is 9.48 Å². The van der Waals surface area contributed by atoms with Gasteiger partial charge in [-0.2, -0.15) is 0 Å². The third kappa shape index (κ3) is 14.2. The van der Waals surface area contributed by atoms with E-state index in [2.05, 4.69) is 15.5 Å². The number of piperidine rings is 1. The van der Waals surface area contributed by atoms with Gasteiger partial charge in [0.1, 0.15) is 36.5 Å². The number of hydrogen-bond acceptors (Lipinski definition) is 15. The summed E-state index contributed by atoms with van der Waals surface area (Å²) in [7, 11) is 4.62. The average molecular weight is 966 g/mol. The molecule has 4 aliphatic rings. The number of carbonyl (C=O) groups is 5. The minimum absolute atomic E-state index is 0.0170. The molecule has 2 N–H and O–H groups in total. The van der Waals surface area contributed by atoms with Gasteiger partial charge in [-0.3, -0.25) is 19.2 Å². The number of ketones is 3. The number of rotatable bonds is 7. The SMILES string of the molecule is COC1CC2CCC(C)[C@@](O)(O2)C(=O)C(=O)N2CCCCC2C(=O)OC(C(C)CC2CCC(n3cnnn3)C(OC)C2)CC(=O)C(C)C=C(C)C(O)C(OC)C(=O)C(C)CC(C)C=CC=CC=C1C. The van der Waals surface area contributed by atoms with E-state index in [1.165, 1.54) is 12.0 Å². The summed E-state index contributed by atoms with van der Waals surface area (Å²) < 4.78 is 31.6. The Hall–Kier alpha value is -4.26. The number of amides is 1. The largest absolute Gasteiger partial charge is 0.460 e. The van der Waals surface area contributed by atoms with Gasteiger partial charge < -0.3 is 38.8 Å². The van der Waals surface area contributed by atoms with Gasteiger partial charge in [0.25, 0.3) is 11.7 Å². The standard InChI is InChI=1S/C52H79N5O12/c1-31-16-12-11-13-17-32(2)43(65-8)28-39-21-19-37(7)52(64,69-39)49(61)50(62)56-23-15-14-18-41(56)51(63)68-44(34(4)26-38-20-22-40(45(27-38)66-9)57-30-53-54-55-57)29-42(58)33(3)25-36(6)47(60)48(67-10)46(59)35(5)24-31/h11-13,16-17,25,30-31,33-35,37-41,43-45,47-48,60,64H,14-15,18-24,26-29H2,1-10H3/t31?,33?,34?,35?,37?,38?,39?,40?,41?,43?,44?,45?,47?,48?,52-/m1/s1. The molecule has 384 valence electrons. The van der Waals surface area contributed by atoms with Crippen LogP contribution in [-0.2, 0) is 47.7 Å². The van der Waals surface area contributed by atoms with Crippen LogP contribution in [0, 0.1) is 35.5 Å². The second-order valence-electron chi connectivity index (χ2n) is 20.4. The molecule has 69 heavy (non-hydrogen) atoms. The fourth-order valence-electron chi connectivity index (χ4n) is 10.7. The fourth-order valence-corrected chi connectivity index (χ4v) is 10.7. The molecular weight excluding hydrogens is 887 g/mol. The molecule has 2 saturated heterocycles. The number of cyclic esters (lactones) is 1. The van der Waals surface area contributed by atoms with Gasteiger partial charge in [-0.1, -0.05) is 71.1 Å². The van der Waals surface area contributed by atoms with Crippen LogP contribution in [0.1, 0.15) is 132 Å². The van der Waals surface area contributed by atoms with E-state index in [4.69, 9.17) is 23.7 Å². The highest BCUT2D eigenvalue weighted by Gasteiger charge is 2.53. The molecule has 1 aromatic rings. The highest BCUT2D eigenvalue weighted by atomic mass is 16.6. The average Bonchev–Trinajstić information content (AvgIpc) is 3.88. The van der Waals surface area contributed by atoms with Gasteiger partial charge in [-0.05, 0) is 117 Å². The zero-order valence-corrected chi connectivity index (χ0v) is 42.5. The first-order chi connectivity index (χ1) is 32.8. The Kier molecular flexibility index (Phi) is 20.8. The van der Waals surface area contributed by atoms with Crippen molar-refractivity contribution in [3.8, 4) is 0 Å². The van der Waals surface area contributed by atoms with Gasteiger partial charge >= 0.3 is 5.97 Å². The van der Waals surface area contributed by atoms with E-state index in [0.717, 1.165) is 18.4 Å². The van der Waals surface area contributed by atoms with Crippen LogP contribution >= 0.6 is 0 Å². The van der Waals surface area contributed by atoms with Gasteiger partial charge in [0.2, 0.25) is 5.79 Å². The quantitative estimate of drug-likeness (QED) is 0.181. The first-order valence-corrected chi connectivity index (χ1v) is 25.0. The van der Waals surface area contributed by atoms with Gasteiger partial charge in [-0.15, -0.1) is 5.10 Å². The van der Waals surface area contributed by atoms with Crippen molar-refractivity contribution in [1.82, 2.24) is 25.1 Å². The van der Waals surface area contributed by atoms with Crippen LogP contribution in [-0.4, -0.2) is 141 Å². The molecule has 1 amide bonds. The number of allylic oxidation sites excluding steroid dienone is 6. The summed E-state index contributed by atoms with van der Waals surface area (Å²) >= 11 is 0. The van der Waals surface area contributed by atoms with E-state index in [-0.39, 0.29) is 60.9 Å². The first-order valence-electron chi connectivity index (χ1n) is 25.0. The molecule has 14 unspecified atom stereocenters. The molecule has 0 radical (unpaired) electrons. The summed E-state index contributed by atoms with van der Waals surface area (Å²) in [5, 5.41) is 35.2. The Morgan fingerprint density at radius 1 is 0.884 bits per heavy atom. The zero-order valence-electron chi connectivity index (χ0n) is 42.5. The topological polar surface area (TPSA) is 219 Å². The van der Waals surface area contributed by atoms with Crippen LogP contribution in [0.2, 0.25) is 0 Å². The highest BCUT2D eigenvalue weighted by Crippen LogP contribution is 2.39. The summed E-state index contributed by atoms with van der Waals surface area (Å²) in [5.74, 6) is -7.92. The summed E-state index contributed by atoms with van der Waals surface area (Å²) in [4.78, 5) is 72.3. The number of aromatic nitrogens is 4. The first kappa shape index (κ1) is 55.7. The monoisotopic (exact) mass is 966 g/mol. The van der Waals surface area contributed by atoms with E-state index in [9.17, 15) is 34.2 Å². The van der Waals surface area contributed by atoms with Crippen molar-refractivity contribution in [3.05, 3.63) is 53.9 Å². The molecule has 1 saturated carbocycles. The van der Waals surface area contributed by atoms with Crippen molar-refractivity contribution in [2.75, 3.05) is 27.9 Å². The molecule has 17 nitrogen and oxygen atoms in total. The van der Waals surface area contributed by atoms with E-state index in [1.54, 1.807) is 52.1 Å². The van der Waals surface area contributed by atoms with Crippen LogP contribution in [0.5, 0.6) is 0 Å². The van der Waals surface area contributed by atoms with Crippen LogP contribution in [0.25, 0.3) is 0 Å². The van der Waals surface area contributed by atoms with Crippen molar-refractivity contribution in [3.63, 3.8) is 0 Å². The van der Waals surface area contributed by atoms with Gasteiger partial charge in [0, 0.05) is 58.5 Å². The van der Waals surface area contributed by atoms with E-state index >= 15 is 0 Å². The van der Waals surface area contributed by atoms with E-state index in [1.807, 2.05) is 58.1 Å². The predicted octanol–water partition coefficient (Wildman–Crippen LogP) is 6.05. The third-order valence-corrected chi connectivity index (χ3v) is 15.2. The highest BCUT2D eigenvalue weighted by molar-refractivity contribution is 6.39. The van der Waals surface area contributed by atoms with Crippen molar-refractivity contribution < 1.29 is 57.9 Å². The number of hydrogen-bond donors (Lipinski definition) is 2.